The third-order valence-electron chi connectivity index (χ3n) is 6.22. The number of rotatable bonds is 6. The molecule has 2 aromatic rings. The predicted molar refractivity (Wildman–Crippen MR) is 121 cm³/mol. The van der Waals surface area contributed by atoms with Crippen molar-refractivity contribution in [2.45, 2.75) is 51.7 Å². The molecule has 31 heavy (non-hydrogen) atoms. The number of carbonyl (C=O) groups is 1. The molecule has 2 fully saturated rings. The molecule has 0 spiro atoms. The molecule has 0 saturated carbocycles. The van der Waals surface area contributed by atoms with Crippen LogP contribution in [0.25, 0.3) is 11.3 Å². The van der Waals surface area contributed by atoms with E-state index in [4.69, 9.17) is 20.8 Å². The predicted octanol–water partition coefficient (Wildman–Crippen LogP) is 4.28. The number of hydrogen-bond acceptors (Lipinski definition) is 5. The van der Waals surface area contributed by atoms with E-state index >= 15 is 0 Å². The Balaban J connectivity index is 1.21. The number of benzene rings is 1. The second-order valence-corrected chi connectivity index (χ2v) is 9.31. The molecule has 0 aliphatic carbocycles. The minimum absolute atomic E-state index is 0.185. The van der Waals surface area contributed by atoms with Crippen LogP contribution in [0.3, 0.4) is 0 Å². The third-order valence-corrected chi connectivity index (χ3v) is 6.55. The fourth-order valence-corrected chi connectivity index (χ4v) is 4.98. The lowest BCUT2D eigenvalue weighted by Gasteiger charge is -2.39. The normalized spacial score (nSPS) is 23.3. The zero-order valence-corrected chi connectivity index (χ0v) is 19.2. The number of likely N-dealkylation sites (tertiary alicyclic amines) is 1. The van der Waals surface area contributed by atoms with Gasteiger partial charge in [0.05, 0.1) is 23.4 Å². The first-order valence-electron chi connectivity index (χ1n) is 11.3. The molecule has 0 bridgehead atoms. The van der Waals surface area contributed by atoms with Crippen molar-refractivity contribution in [3.8, 4) is 11.3 Å². The van der Waals surface area contributed by atoms with E-state index in [1.165, 1.54) is 0 Å². The molecule has 2 aliphatic rings. The molecule has 4 rings (SSSR count). The van der Waals surface area contributed by atoms with Gasteiger partial charge in [0.15, 0.2) is 11.7 Å². The van der Waals surface area contributed by atoms with Crippen LogP contribution >= 0.6 is 11.6 Å². The Kier molecular flexibility index (Phi) is 7.31. The third kappa shape index (κ3) is 5.88. The number of hydrogen-bond donors (Lipinski definition) is 0. The number of amides is 1. The largest absolute Gasteiger partial charge is 0.441 e. The van der Waals surface area contributed by atoms with Crippen molar-refractivity contribution in [3.05, 3.63) is 41.4 Å². The molecule has 2 atom stereocenters. The maximum Gasteiger partial charge on any atom is 0.223 e. The Morgan fingerprint density at radius 2 is 1.87 bits per heavy atom. The first-order valence-corrected chi connectivity index (χ1v) is 11.7. The summed E-state index contributed by atoms with van der Waals surface area (Å²) in [4.78, 5) is 21.5. The summed E-state index contributed by atoms with van der Waals surface area (Å²) in [6.07, 6.45) is 5.36. The first kappa shape index (κ1) is 22.3. The van der Waals surface area contributed by atoms with Crippen LogP contribution in [0.5, 0.6) is 0 Å². The highest BCUT2D eigenvalue weighted by molar-refractivity contribution is 6.33. The summed E-state index contributed by atoms with van der Waals surface area (Å²) >= 11 is 6.23. The smallest absolute Gasteiger partial charge is 0.223 e. The molecule has 7 heteroatoms. The van der Waals surface area contributed by atoms with Crippen molar-refractivity contribution < 1.29 is 13.9 Å². The van der Waals surface area contributed by atoms with Crippen LogP contribution < -0.4 is 0 Å². The van der Waals surface area contributed by atoms with E-state index in [-0.39, 0.29) is 5.91 Å². The molecule has 1 aromatic carbocycles. The highest BCUT2D eigenvalue weighted by atomic mass is 35.5. The number of halogens is 1. The number of morpholine rings is 1. The molecule has 0 radical (unpaired) electrons. The van der Waals surface area contributed by atoms with Crippen LogP contribution in [0.15, 0.2) is 34.9 Å². The van der Waals surface area contributed by atoms with Gasteiger partial charge in [0.25, 0.3) is 0 Å². The summed E-state index contributed by atoms with van der Waals surface area (Å²) in [6, 6.07) is 7.52. The molecular weight excluding hydrogens is 414 g/mol. The topological polar surface area (TPSA) is 58.8 Å². The number of nitrogens with zero attached hydrogens (tertiary/aromatic N) is 3. The van der Waals surface area contributed by atoms with Crippen LogP contribution in [0.4, 0.5) is 0 Å². The Morgan fingerprint density at radius 3 is 2.58 bits per heavy atom. The van der Waals surface area contributed by atoms with Crippen LogP contribution in [0, 0.1) is 5.92 Å². The molecule has 1 amide bonds. The quantitative estimate of drug-likeness (QED) is 0.664. The lowest BCUT2D eigenvalue weighted by molar-refractivity contribution is -0.132. The fraction of sp³-hybridized carbons (Fsp3) is 0.583. The molecule has 2 saturated heterocycles. The van der Waals surface area contributed by atoms with Gasteiger partial charge in [0.2, 0.25) is 5.91 Å². The van der Waals surface area contributed by atoms with Crippen molar-refractivity contribution in [1.29, 1.82) is 0 Å². The Morgan fingerprint density at radius 1 is 1.16 bits per heavy atom. The minimum atomic E-state index is 0.185. The number of oxazole rings is 1. The number of aromatic nitrogens is 1. The maximum absolute atomic E-state index is 12.7. The maximum atomic E-state index is 12.7. The van der Waals surface area contributed by atoms with Gasteiger partial charge in [0.1, 0.15) is 0 Å². The van der Waals surface area contributed by atoms with E-state index in [1.807, 2.05) is 29.2 Å². The summed E-state index contributed by atoms with van der Waals surface area (Å²) in [7, 11) is 0. The van der Waals surface area contributed by atoms with Gasteiger partial charge in [0, 0.05) is 51.1 Å². The zero-order chi connectivity index (χ0) is 21.8. The summed E-state index contributed by atoms with van der Waals surface area (Å²) in [5.41, 5.74) is 0.820. The molecule has 6 nitrogen and oxygen atoms in total. The summed E-state index contributed by atoms with van der Waals surface area (Å²) < 4.78 is 11.7. The van der Waals surface area contributed by atoms with Gasteiger partial charge < -0.3 is 14.1 Å². The molecular formula is C24H32ClN3O3. The van der Waals surface area contributed by atoms with Crippen LogP contribution in [-0.2, 0) is 16.0 Å². The highest BCUT2D eigenvalue weighted by Crippen LogP contribution is 2.28. The number of ether oxygens (including phenoxy) is 1. The number of carbonyl (C=O) groups excluding carboxylic acids is 1. The summed E-state index contributed by atoms with van der Waals surface area (Å²) in [5, 5.41) is 0.630. The van der Waals surface area contributed by atoms with E-state index < -0.39 is 0 Å². The van der Waals surface area contributed by atoms with Crippen molar-refractivity contribution >= 4 is 17.5 Å². The van der Waals surface area contributed by atoms with Gasteiger partial charge in [-0.2, -0.15) is 0 Å². The highest BCUT2D eigenvalue weighted by Gasteiger charge is 2.28. The molecule has 2 aliphatic heterocycles. The Labute approximate surface area is 189 Å². The standard InChI is InChI=1S/C24H32ClN3O3/c1-17-14-27(15-18(2)30-17)16-19-9-11-28(12-10-19)24(29)8-7-23-26-13-22(31-23)20-5-3-4-6-21(20)25/h3-6,13,17-19H,7-12,14-16H2,1-2H3. The molecule has 168 valence electrons. The average Bonchev–Trinajstić information content (AvgIpc) is 3.21. The minimum Gasteiger partial charge on any atom is -0.441 e. The lowest BCUT2D eigenvalue weighted by atomic mass is 9.95. The lowest BCUT2D eigenvalue weighted by Crippen LogP contribution is -2.48. The van der Waals surface area contributed by atoms with Gasteiger partial charge in [-0.15, -0.1) is 0 Å². The van der Waals surface area contributed by atoms with Gasteiger partial charge in [-0.1, -0.05) is 23.7 Å². The van der Waals surface area contributed by atoms with Crippen molar-refractivity contribution in [1.82, 2.24) is 14.8 Å². The van der Waals surface area contributed by atoms with E-state index in [2.05, 4.69) is 23.7 Å². The van der Waals surface area contributed by atoms with Gasteiger partial charge >= 0.3 is 0 Å². The summed E-state index contributed by atoms with van der Waals surface area (Å²) in [5.74, 6) is 2.06. The van der Waals surface area contributed by atoms with Gasteiger partial charge in [-0.3, -0.25) is 9.69 Å². The Bertz CT molecular complexity index is 868. The van der Waals surface area contributed by atoms with E-state index in [1.54, 1.807) is 6.20 Å². The molecule has 0 N–H and O–H groups in total. The van der Waals surface area contributed by atoms with Crippen LogP contribution in [0.2, 0.25) is 5.02 Å². The number of piperidine rings is 1. The average molecular weight is 446 g/mol. The van der Waals surface area contributed by atoms with Crippen molar-refractivity contribution in [2.75, 3.05) is 32.7 Å². The van der Waals surface area contributed by atoms with E-state index in [0.717, 1.165) is 51.1 Å². The molecule has 3 heterocycles. The van der Waals surface area contributed by atoms with E-state index in [9.17, 15) is 4.79 Å². The zero-order valence-electron chi connectivity index (χ0n) is 18.4. The van der Waals surface area contributed by atoms with Gasteiger partial charge in [-0.05, 0) is 44.7 Å². The van der Waals surface area contributed by atoms with Gasteiger partial charge in [-0.25, -0.2) is 4.98 Å². The van der Waals surface area contributed by atoms with Crippen molar-refractivity contribution in [2.24, 2.45) is 5.92 Å². The van der Waals surface area contributed by atoms with E-state index in [0.29, 0.717) is 47.6 Å². The van der Waals surface area contributed by atoms with Crippen LogP contribution in [0.1, 0.15) is 39.0 Å². The second-order valence-electron chi connectivity index (χ2n) is 8.90. The monoisotopic (exact) mass is 445 g/mol. The molecule has 2 unspecified atom stereocenters. The Hall–Kier alpha value is -1.89. The summed E-state index contributed by atoms with van der Waals surface area (Å²) in [6.45, 7) is 9.11. The first-order chi connectivity index (χ1) is 15.0. The molecule has 1 aromatic heterocycles. The fourth-order valence-electron chi connectivity index (χ4n) is 4.75. The van der Waals surface area contributed by atoms with Crippen molar-refractivity contribution in [3.63, 3.8) is 0 Å². The SMILES string of the molecule is CC1CN(CC2CCN(C(=O)CCc3ncc(-c4ccccc4Cl)o3)CC2)CC(C)O1. The second kappa shape index (κ2) is 10.2. The number of aryl methyl sites for hydroxylation is 1. The van der Waals surface area contributed by atoms with Crippen LogP contribution in [-0.4, -0.2) is 65.6 Å².